The van der Waals surface area contributed by atoms with Crippen molar-refractivity contribution in [2.75, 3.05) is 50.5 Å². The van der Waals surface area contributed by atoms with Crippen LogP contribution in [0.2, 0.25) is 0 Å². The molecule has 0 radical (unpaired) electrons. The van der Waals surface area contributed by atoms with E-state index in [2.05, 4.69) is 22.8 Å². The Morgan fingerprint density at radius 1 is 0.960 bits per heavy atom. The van der Waals surface area contributed by atoms with E-state index in [0.29, 0.717) is 6.61 Å². The molecule has 2 N–H and O–H groups in total. The molecule has 1 saturated heterocycles. The molecule has 3 rings (SSSR count). The zero-order valence-electron chi connectivity index (χ0n) is 15.1. The van der Waals surface area contributed by atoms with Crippen molar-refractivity contribution >= 4 is 11.4 Å². The third-order valence-electron chi connectivity index (χ3n) is 4.72. The molecule has 5 nitrogen and oxygen atoms in total. The summed E-state index contributed by atoms with van der Waals surface area (Å²) in [4.78, 5) is 4.81. The summed E-state index contributed by atoms with van der Waals surface area (Å²) in [6.07, 6.45) is 0. The molecule has 0 amide bonds. The summed E-state index contributed by atoms with van der Waals surface area (Å²) >= 11 is 0. The summed E-state index contributed by atoms with van der Waals surface area (Å²) in [5.74, 6) is 1.64. The van der Waals surface area contributed by atoms with E-state index in [1.807, 2.05) is 36.4 Å². The Labute approximate surface area is 149 Å². The van der Waals surface area contributed by atoms with Crippen LogP contribution in [-0.2, 0) is 6.61 Å². The number of hydrogen-bond acceptors (Lipinski definition) is 5. The Hall–Kier alpha value is -2.40. The Bertz CT molecular complexity index is 680. The van der Waals surface area contributed by atoms with Gasteiger partial charge in [0, 0.05) is 32.2 Å². The van der Waals surface area contributed by atoms with Crippen molar-refractivity contribution in [2.24, 2.45) is 0 Å². The molecule has 1 heterocycles. The van der Waals surface area contributed by atoms with E-state index in [9.17, 15) is 0 Å². The molecule has 1 aliphatic heterocycles. The highest BCUT2D eigenvalue weighted by molar-refractivity contribution is 5.69. The van der Waals surface area contributed by atoms with Gasteiger partial charge < -0.3 is 25.0 Å². The van der Waals surface area contributed by atoms with Crippen LogP contribution in [0.5, 0.6) is 11.5 Å². The van der Waals surface area contributed by atoms with E-state index in [4.69, 9.17) is 15.2 Å². The van der Waals surface area contributed by atoms with E-state index in [1.54, 1.807) is 7.11 Å². The number of nitrogens with two attached hydrogens (primary N) is 1. The number of nitrogens with zero attached hydrogens (tertiary/aromatic N) is 2. The van der Waals surface area contributed by atoms with Crippen molar-refractivity contribution in [2.45, 2.75) is 13.5 Å². The molecular weight excluding hydrogens is 314 g/mol. The van der Waals surface area contributed by atoms with Crippen LogP contribution < -0.4 is 20.1 Å². The maximum absolute atomic E-state index is 6.27. The maximum atomic E-state index is 6.27. The van der Waals surface area contributed by atoms with Crippen LogP contribution in [0.4, 0.5) is 11.4 Å². The van der Waals surface area contributed by atoms with Crippen molar-refractivity contribution < 1.29 is 9.47 Å². The molecule has 0 unspecified atom stereocenters. The first-order valence-electron chi connectivity index (χ1n) is 8.82. The van der Waals surface area contributed by atoms with Gasteiger partial charge in [-0.1, -0.05) is 19.1 Å². The van der Waals surface area contributed by atoms with Crippen LogP contribution in [0, 0.1) is 0 Å². The van der Waals surface area contributed by atoms with Gasteiger partial charge in [-0.2, -0.15) is 0 Å². The second-order valence-corrected chi connectivity index (χ2v) is 6.28. The summed E-state index contributed by atoms with van der Waals surface area (Å²) in [6.45, 7) is 8.05. The van der Waals surface area contributed by atoms with Crippen molar-refractivity contribution in [3.8, 4) is 11.5 Å². The minimum Gasteiger partial charge on any atom is -0.497 e. The van der Waals surface area contributed by atoms with Gasteiger partial charge in [-0.05, 0) is 36.4 Å². The fourth-order valence-corrected chi connectivity index (χ4v) is 3.10. The number of benzene rings is 2. The third kappa shape index (κ3) is 4.37. The highest BCUT2D eigenvalue weighted by atomic mass is 16.5. The first kappa shape index (κ1) is 17.4. The standard InChI is InChI=1S/C20H27N3O2/c1-3-22-10-12-23(13-11-22)20-9-8-18(14-19(20)21)25-15-16-4-6-17(24-2)7-5-16/h4-9,14H,3,10-13,15,21H2,1-2H3. The fourth-order valence-electron chi connectivity index (χ4n) is 3.10. The zero-order valence-corrected chi connectivity index (χ0v) is 15.1. The Morgan fingerprint density at radius 3 is 2.24 bits per heavy atom. The average Bonchev–Trinajstić information content (AvgIpc) is 2.67. The topological polar surface area (TPSA) is 51.0 Å². The molecule has 1 fully saturated rings. The minimum absolute atomic E-state index is 0.512. The molecule has 25 heavy (non-hydrogen) atoms. The van der Waals surface area contributed by atoms with Gasteiger partial charge >= 0.3 is 0 Å². The van der Waals surface area contributed by atoms with E-state index in [0.717, 1.165) is 61.2 Å². The summed E-state index contributed by atoms with van der Waals surface area (Å²) in [6, 6.07) is 13.9. The largest absolute Gasteiger partial charge is 0.497 e. The number of rotatable bonds is 6. The molecule has 2 aromatic carbocycles. The molecule has 5 heteroatoms. The summed E-state index contributed by atoms with van der Waals surface area (Å²) in [7, 11) is 1.66. The maximum Gasteiger partial charge on any atom is 0.122 e. The number of ether oxygens (including phenoxy) is 2. The monoisotopic (exact) mass is 341 g/mol. The zero-order chi connectivity index (χ0) is 17.6. The molecule has 0 bridgehead atoms. The quantitative estimate of drug-likeness (QED) is 0.819. The van der Waals surface area contributed by atoms with Crippen LogP contribution in [0.3, 0.4) is 0 Å². The van der Waals surface area contributed by atoms with Crippen LogP contribution in [-0.4, -0.2) is 44.7 Å². The van der Waals surface area contributed by atoms with Gasteiger partial charge in [0.15, 0.2) is 0 Å². The number of nitrogen functional groups attached to an aromatic ring is 1. The van der Waals surface area contributed by atoms with E-state index in [1.165, 1.54) is 0 Å². The van der Waals surface area contributed by atoms with Gasteiger partial charge in [0.2, 0.25) is 0 Å². The molecule has 0 atom stereocenters. The first-order valence-corrected chi connectivity index (χ1v) is 8.82. The Balaban J connectivity index is 1.59. The Kier molecular flexibility index (Phi) is 5.66. The van der Waals surface area contributed by atoms with Crippen molar-refractivity contribution in [3.63, 3.8) is 0 Å². The van der Waals surface area contributed by atoms with Gasteiger partial charge in [-0.25, -0.2) is 0 Å². The molecule has 2 aromatic rings. The molecule has 0 spiro atoms. The first-order chi connectivity index (χ1) is 12.2. The molecule has 0 aliphatic carbocycles. The van der Waals surface area contributed by atoms with Gasteiger partial charge in [0.05, 0.1) is 18.5 Å². The van der Waals surface area contributed by atoms with Crippen molar-refractivity contribution in [3.05, 3.63) is 48.0 Å². The van der Waals surface area contributed by atoms with Crippen LogP contribution in [0.15, 0.2) is 42.5 Å². The molecule has 0 aromatic heterocycles. The third-order valence-corrected chi connectivity index (χ3v) is 4.72. The van der Waals surface area contributed by atoms with Gasteiger partial charge in [-0.15, -0.1) is 0 Å². The van der Waals surface area contributed by atoms with E-state index < -0.39 is 0 Å². The van der Waals surface area contributed by atoms with E-state index in [-0.39, 0.29) is 0 Å². The smallest absolute Gasteiger partial charge is 0.122 e. The van der Waals surface area contributed by atoms with Crippen LogP contribution in [0.25, 0.3) is 0 Å². The fraction of sp³-hybridized carbons (Fsp3) is 0.400. The molecule has 134 valence electrons. The van der Waals surface area contributed by atoms with Crippen molar-refractivity contribution in [1.29, 1.82) is 0 Å². The van der Waals surface area contributed by atoms with E-state index >= 15 is 0 Å². The number of anilines is 2. The highest BCUT2D eigenvalue weighted by Crippen LogP contribution is 2.29. The normalized spacial score (nSPS) is 15.2. The molecular formula is C20H27N3O2. The summed E-state index contributed by atoms with van der Waals surface area (Å²) < 4.78 is 11.0. The predicted octanol–water partition coefficient (Wildman–Crippen LogP) is 3.00. The number of methoxy groups -OCH3 is 1. The predicted molar refractivity (Wildman–Crippen MR) is 103 cm³/mol. The summed E-state index contributed by atoms with van der Waals surface area (Å²) in [5, 5.41) is 0. The molecule has 0 saturated carbocycles. The number of hydrogen-bond donors (Lipinski definition) is 1. The lowest BCUT2D eigenvalue weighted by atomic mass is 10.2. The van der Waals surface area contributed by atoms with Gasteiger partial charge in [0.25, 0.3) is 0 Å². The number of likely N-dealkylation sites (N-methyl/N-ethyl adjacent to an activating group) is 1. The van der Waals surface area contributed by atoms with Crippen molar-refractivity contribution in [1.82, 2.24) is 4.90 Å². The average molecular weight is 341 g/mol. The highest BCUT2D eigenvalue weighted by Gasteiger charge is 2.17. The molecule has 1 aliphatic rings. The van der Waals surface area contributed by atoms with Gasteiger partial charge in [0.1, 0.15) is 18.1 Å². The van der Waals surface area contributed by atoms with Crippen LogP contribution >= 0.6 is 0 Å². The lowest BCUT2D eigenvalue weighted by Gasteiger charge is -2.36. The number of piperazine rings is 1. The second kappa shape index (κ2) is 8.12. The SMILES string of the molecule is CCN1CCN(c2ccc(OCc3ccc(OC)cc3)cc2N)CC1. The summed E-state index contributed by atoms with van der Waals surface area (Å²) in [5.41, 5.74) is 9.25. The Morgan fingerprint density at radius 2 is 1.64 bits per heavy atom. The lowest BCUT2D eigenvalue weighted by Crippen LogP contribution is -2.46. The van der Waals surface area contributed by atoms with Gasteiger partial charge in [-0.3, -0.25) is 0 Å². The minimum atomic E-state index is 0.512. The lowest BCUT2D eigenvalue weighted by molar-refractivity contribution is 0.271. The van der Waals surface area contributed by atoms with Crippen LogP contribution in [0.1, 0.15) is 12.5 Å². The second-order valence-electron chi connectivity index (χ2n) is 6.28.